The van der Waals surface area contributed by atoms with Gasteiger partial charge in [0.15, 0.2) is 0 Å². The maximum absolute atomic E-state index is 9.09. The van der Waals surface area contributed by atoms with Crippen LogP contribution in [0.1, 0.15) is 17.2 Å². The highest BCUT2D eigenvalue weighted by Crippen LogP contribution is 2.39. The van der Waals surface area contributed by atoms with E-state index in [4.69, 9.17) is 20.3 Å². The van der Waals surface area contributed by atoms with Crippen LogP contribution in [-0.4, -0.2) is 25.9 Å². The molecule has 0 aliphatic rings. The molecule has 0 spiro atoms. The lowest BCUT2D eigenvalue weighted by molar-refractivity contribution is 0.264. The quantitative estimate of drug-likeness (QED) is 0.887. The van der Waals surface area contributed by atoms with Gasteiger partial charge in [-0.15, -0.1) is 0 Å². The molecule has 0 bridgehead atoms. The normalized spacial score (nSPS) is 12.4. The van der Waals surface area contributed by atoms with Gasteiger partial charge in [-0.2, -0.15) is 0 Å². The first kappa shape index (κ1) is 13.3. The summed E-state index contributed by atoms with van der Waals surface area (Å²) in [7, 11) is 3.17. The molecule has 5 heteroatoms. The van der Waals surface area contributed by atoms with Crippen molar-refractivity contribution in [3.63, 3.8) is 0 Å². The van der Waals surface area contributed by atoms with Crippen LogP contribution >= 0.6 is 15.9 Å². The van der Waals surface area contributed by atoms with Crippen LogP contribution in [0.4, 0.5) is 0 Å². The predicted molar refractivity (Wildman–Crippen MR) is 66.0 cm³/mol. The highest BCUT2D eigenvalue weighted by Gasteiger charge is 2.19. The number of methoxy groups -OCH3 is 2. The Hall–Kier alpha value is -0.780. The molecule has 0 saturated heterocycles. The van der Waals surface area contributed by atoms with E-state index in [1.165, 1.54) is 0 Å². The molecule has 0 saturated carbocycles. The number of nitrogens with two attached hydrogens (primary N) is 1. The summed E-state index contributed by atoms with van der Waals surface area (Å²) in [6.45, 7) is 1.75. The molecule has 0 heterocycles. The van der Waals surface area contributed by atoms with Crippen molar-refractivity contribution in [2.24, 2.45) is 5.73 Å². The number of rotatable bonds is 4. The summed E-state index contributed by atoms with van der Waals surface area (Å²) in [4.78, 5) is 0. The number of aliphatic hydroxyl groups is 1. The van der Waals surface area contributed by atoms with E-state index in [0.29, 0.717) is 11.5 Å². The maximum Gasteiger partial charge on any atom is 0.139 e. The van der Waals surface area contributed by atoms with Crippen molar-refractivity contribution in [1.82, 2.24) is 0 Å². The van der Waals surface area contributed by atoms with Crippen molar-refractivity contribution in [2.45, 2.75) is 13.0 Å². The van der Waals surface area contributed by atoms with Crippen molar-refractivity contribution < 1.29 is 14.6 Å². The predicted octanol–water partition coefficient (Wildman–Crippen LogP) is 1.77. The minimum atomic E-state index is -0.462. The number of hydrogen-bond acceptors (Lipinski definition) is 4. The van der Waals surface area contributed by atoms with Gasteiger partial charge in [-0.1, -0.05) is 0 Å². The molecule has 0 amide bonds. The van der Waals surface area contributed by atoms with Crippen molar-refractivity contribution in [2.75, 3.05) is 20.8 Å². The molecule has 4 nitrogen and oxygen atoms in total. The fraction of sp³-hybridized carbons (Fsp3) is 0.455. The van der Waals surface area contributed by atoms with E-state index >= 15 is 0 Å². The summed E-state index contributed by atoms with van der Waals surface area (Å²) in [5.41, 5.74) is 7.43. The fourth-order valence-electron chi connectivity index (χ4n) is 1.66. The lowest BCUT2D eigenvalue weighted by Crippen LogP contribution is -2.16. The molecular formula is C11H16BrNO3. The molecule has 16 heavy (non-hydrogen) atoms. The zero-order chi connectivity index (χ0) is 12.3. The molecule has 3 N–H and O–H groups in total. The standard InChI is InChI=1S/C11H16BrNO3/c1-6-10(15-2)7(9(13)5-14)4-8(12)11(6)16-3/h4,9,14H,5,13H2,1-3H3. The number of halogens is 1. The molecule has 1 unspecified atom stereocenters. The van der Waals surface area contributed by atoms with Gasteiger partial charge in [0, 0.05) is 11.1 Å². The molecule has 0 aliphatic heterocycles. The fourth-order valence-corrected chi connectivity index (χ4v) is 2.37. The number of aliphatic hydroxyl groups excluding tert-OH is 1. The van der Waals surface area contributed by atoms with E-state index in [0.717, 1.165) is 15.6 Å². The Morgan fingerprint density at radius 1 is 1.38 bits per heavy atom. The summed E-state index contributed by atoms with van der Waals surface area (Å²) in [6.07, 6.45) is 0. The van der Waals surface area contributed by atoms with Crippen molar-refractivity contribution >= 4 is 15.9 Å². The summed E-state index contributed by atoms with van der Waals surface area (Å²) >= 11 is 3.40. The smallest absolute Gasteiger partial charge is 0.139 e. The third-order valence-corrected chi connectivity index (χ3v) is 3.04. The third-order valence-electron chi connectivity index (χ3n) is 2.45. The summed E-state index contributed by atoms with van der Waals surface area (Å²) in [6, 6.07) is 1.35. The Labute approximate surface area is 103 Å². The second-order valence-electron chi connectivity index (χ2n) is 3.43. The zero-order valence-electron chi connectivity index (χ0n) is 9.58. The van der Waals surface area contributed by atoms with Gasteiger partial charge in [0.05, 0.1) is 31.3 Å². The van der Waals surface area contributed by atoms with Gasteiger partial charge >= 0.3 is 0 Å². The largest absolute Gasteiger partial charge is 0.496 e. The average molecular weight is 290 g/mol. The van der Waals surface area contributed by atoms with Gasteiger partial charge in [0.2, 0.25) is 0 Å². The summed E-state index contributed by atoms with van der Waals surface area (Å²) in [5, 5.41) is 9.09. The molecule has 1 rings (SSSR count). The third kappa shape index (κ3) is 2.31. The first-order chi connectivity index (χ1) is 7.56. The van der Waals surface area contributed by atoms with E-state index in [1.54, 1.807) is 14.2 Å². The number of benzene rings is 1. The Kier molecular flexibility index (Phi) is 4.58. The minimum Gasteiger partial charge on any atom is -0.496 e. The first-order valence-corrected chi connectivity index (χ1v) is 5.63. The van der Waals surface area contributed by atoms with Crippen molar-refractivity contribution in [1.29, 1.82) is 0 Å². The van der Waals surface area contributed by atoms with Crippen LogP contribution in [0, 0.1) is 6.92 Å². The van der Waals surface area contributed by atoms with E-state index in [9.17, 15) is 0 Å². The molecular weight excluding hydrogens is 274 g/mol. The summed E-state index contributed by atoms with van der Waals surface area (Å²) < 4.78 is 11.4. The lowest BCUT2D eigenvalue weighted by atomic mass is 10.0. The zero-order valence-corrected chi connectivity index (χ0v) is 11.2. The molecule has 1 atom stereocenters. The van der Waals surface area contributed by atoms with Crippen LogP contribution in [0.15, 0.2) is 10.5 Å². The highest BCUT2D eigenvalue weighted by atomic mass is 79.9. The van der Waals surface area contributed by atoms with Gasteiger partial charge in [-0.25, -0.2) is 0 Å². The number of ether oxygens (including phenoxy) is 2. The molecule has 1 aromatic rings. The minimum absolute atomic E-state index is 0.130. The van der Waals surface area contributed by atoms with E-state index < -0.39 is 6.04 Å². The van der Waals surface area contributed by atoms with Gasteiger partial charge in [0.25, 0.3) is 0 Å². The first-order valence-electron chi connectivity index (χ1n) is 4.84. The average Bonchev–Trinajstić information content (AvgIpc) is 2.28. The van der Waals surface area contributed by atoms with Gasteiger partial charge in [0.1, 0.15) is 11.5 Å². The second kappa shape index (κ2) is 5.52. The Morgan fingerprint density at radius 3 is 2.38 bits per heavy atom. The Bertz CT molecular complexity index is 382. The van der Waals surface area contributed by atoms with Crippen LogP contribution in [0.5, 0.6) is 11.5 Å². The van der Waals surface area contributed by atoms with Crippen LogP contribution in [0.2, 0.25) is 0 Å². The molecule has 0 aliphatic carbocycles. The second-order valence-corrected chi connectivity index (χ2v) is 4.28. The molecule has 0 aromatic heterocycles. The molecule has 90 valence electrons. The monoisotopic (exact) mass is 289 g/mol. The Balaban J connectivity index is 3.40. The van der Waals surface area contributed by atoms with Crippen molar-refractivity contribution in [3.05, 3.63) is 21.7 Å². The maximum atomic E-state index is 9.09. The number of hydrogen-bond donors (Lipinski definition) is 2. The van der Waals surface area contributed by atoms with E-state index in [1.807, 2.05) is 13.0 Å². The van der Waals surface area contributed by atoms with Gasteiger partial charge in [-0.05, 0) is 28.9 Å². The Morgan fingerprint density at radius 2 is 1.94 bits per heavy atom. The van der Waals surface area contributed by atoms with E-state index in [-0.39, 0.29) is 6.61 Å². The van der Waals surface area contributed by atoms with E-state index in [2.05, 4.69) is 15.9 Å². The van der Waals surface area contributed by atoms with Crippen molar-refractivity contribution in [3.8, 4) is 11.5 Å². The van der Waals surface area contributed by atoms with Crippen LogP contribution in [-0.2, 0) is 0 Å². The van der Waals surface area contributed by atoms with Gasteiger partial charge in [-0.3, -0.25) is 0 Å². The SMILES string of the molecule is COc1c(Br)cc(C(N)CO)c(OC)c1C. The highest BCUT2D eigenvalue weighted by molar-refractivity contribution is 9.10. The molecule has 1 aromatic carbocycles. The van der Waals surface area contributed by atoms with Crippen LogP contribution in [0.25, 0.3) is 0 Å². The van der Waals surface area contributed by atoms with Crippen LogP contribution in [0.3, 0.4) is 0 Å². The van der Waals surface area contributed by atoms with Gasteiger partial charge < -0.3 is 20.3 Å². The lowest BCUT2D eigenvalue weighted by Gasteiger charge is -2.19. The summed E-state index contributed by atoms with van der Waals surface area (Å²) in [5.74, 6) is 1.37. The molecule has 0 fully saturated rings. The van der Waals surface area contributed by atoms with Crippen LogP contribution < -0.4 is 15.2 Å². The molecule has 0 radical (unpaired) electrons. The topological polar surface area (TPSA) is 64.7 Å².